The van der Waals surface area contributed by atoms with Crippen LogP contribution in [0.25, 0.3) is 0 Å². The average molecular weight is 371 g/mol. The summed E-state index contributed by atoms with van der Waals surface area (Å²) in [6.07, 6.45) is 0. The average Bonchev–Trinajstić information content (AvgIpc) is 2.52. The van der Waals surface area contributed by atoms with E-state index in [2.05, 4.69) is 10.0 Å². The molecule has 0 atom stereocenters. The van der Waals surface area contributed by atoms with Crippen LogP contribution in [0.3, 0.4) is 0 Å². The van der Waals surface area contributed by atoms with Gasteiger partial charge in [-0.15, -0.1) is 0 Å². The summed E-state index contributed by atoms with van der Waals surface area (Å²) in [6.45, 7) is 2.83. The number of hydrogen-bond acceptors (Lipinski definition) is 3. The van der Waals surface area contributed by atoms with Crippen LogP contribution in [0.2, 0.25) is 5.02 Å². The van der Waals surface area contributed by atoms with E-state index in [1.165, 1.54) is 13.0 Å². The van der Waals surface area contributed by atoms with Crippen LogP contribution in [-0.2, 0) is 14.8 Å². The number of benzene rings is 2. The third-order valence-electron chi connectivity index (χ3n) is 3.32. The van der Waals surface area contributed by atoms with Crippen LogP contribution < -0.4 is 10.0 Å². The summed E-state index contributed by atoms with van der Waals surface area (Å²) in [5.41, 5.74) is 1.53. The zero-order chi connectivity index (χ0) is 17.9. The van der Waals surface area contributed by atoms with Gasteiger partial charge in [0.1, 0.15) is 5.82 Å². The number of carbonyl (C=O) groups excluding carboxylic acids is 1. The second kappa shape index (κ2) is 7.29. The van der Waals surface area contributed by atoms with Crippen molar-refractivity contribution in [1.29, 1.82) is 0 Å². The highest BCUT2D eigenvalue weighted by Gasteiger charge is 2.16. The highest BCUT2D eigenvalue weighted by Crippen LogP contribution is 2.20. The molecule has 0 saturated heterocycles. The minimum absolute atomic E-state index is 0.104. The number of carbonyl (C=O) groups is 1. The van der Waals surface area contributed by atoms with Crippen LogP contribution in [0, 0.1) is 19.7 Å². The Morgan fingerprint density at radius 1 is 1.12 bits per heavy atom. The van der Waals surface area contributed by atoms with Gasteiger partial charge in [-0.2, -0.15) is 0 Å². The fraction of sp³-hybridized carbons (Fsp3) is 0.188. The molecule has 0 radical (unpaired) electrons. The molecule has 2 N–H and O–H groups in total. The van der Waals surface area contributed by atoms with Gasteiger partial charge in [-0.1, -0.05) is 17.7 Å². The second-order valence-electron chi connectivity index (χ2n) is 5.25. The van der Waals surface area contributed by atoms with Crippen molar-refractivity contribution in [3.8, 4) is 0 Å². The van der Waals surface area contributed by atoms with Gasteiger partial charge in [0.2, 0.25) is 15.9 Å². The maximum absolute atomic E-state index is 13.2. The Balaban J connectivity index is 2.01. The van der Waals surface area contributed by atoms with Crippen molar-refractivity contribution in [3.05, 3.63) is 58.4 Å². The monoisotopic (exact) mass is 370 g/mol. The highest BCUT2D eigenvalue weighted by molar-refractivity contribution is 7.89. The molecule has 0 unspecified atom stereocenters. The fourth-order valence-electron chi connectivity index (χ4n) is 1.90. The van der Waals surface area contributed by atoms with Crippen molar-refractivity contribution in [2.75, 3.05) is 11.9 Å². The van der Waals surface area contributed by atoms with Gasteiger partial charge in [-0.25, -0.2) is 17.5 Å². The molecule has 0 bridgehead atoms. The van der Waals surface area contributed by atoms with E-state index in [9.17, 15) is 17.6 Å². The lowest BCUT2D eigenvalue weighted by Crippen LogP contribution is -2.33. The zero-order valence-electron chi connectivity index (χ0n) is 13.1. The van der Waals surface area contributed by atoms with Gasteiger partial charge < -0.3 is 5.32 Å². The fourth-order valence-corrected chi connectivity index (χ4v) is 3.15. The zero-order valence-corrected chi connectivity index (χ0v) is 14.6. The molecule has 2 rings (SSSR count). The van der Waals surface area contributed by atoms with E-state index in [0.29, 0.717) is 10.7 Å². The van der Waals surface area contributed by atoms with Gasteiger partial charge in [-0.3, -0.25) is 4.79 Å². The molecule has 0 aliphatic rings. The Morgan fingerprint density at radius 3 is 2.46 bits per heavy atom. The van der Waals surface area contributed by atoms with Gasteiger partial charge in [0.25, 0.3) is 0 Å². The first-order valence-electron chi connectivity index (χ1n) is 7.01. The summed E-state index contributed by atoms with van der Waals surface area (Å²) in [5, 5.41) is 3.04. The summed E-state index contributed by atoms with van der Waals surface area (Å²) < 4.78 is 39.6. The van der Waals surface area contributed by atoms with Crippen molar-refractivity contribution in [2.45, 2.75) is 18.7 Å². The molecule has 8 heteroatoms. The quantitative estimate of drug-likeness (QED) is 0.849. The molecule has 0 spiro atoms. The van der Waals surface area contributed by atoms with Crippen molar-refractivity contribution in [2.24, 2.45) is 0 Å². The van der Waals surface area contributed by atoms with E-state index in [1.54, 1.807) is 18.2 Å². The molecule has 0 aromatic heterocycles. The third-order valence-corrected chi connectivity index (χ3v) is 5.12. The van der Waals surface area contributed by atoms with Crippen LogP contribution in [0.4, 0.5) is 10.1 Å². The van der Waals surface area contributed by atoms with Crippen molar-refractivity contribution >= 4 is 33.2 Å². The minimum Gasteiger partial charge on any atom is -0.325 e. The Bertz CT molecular complexity index is 885. The Hall–Kier alpha value is -1.96. The van der Waals surface area contributed by atoms with E-state index in [-0.39, 0.29) is 10.5 Å². The van der Waals surface area contributed by atoms with Crippen molar-refractivity contribution in [3.63, 3.8) is 0 Å². The van der Waals surface area contributed by atoms with Gasteiger partial charge in [0.15, 0.2) is 0 Å². The van der Waals surface area contributed by atoms with Crippen LogP contribution in [-0.4, -0.2) is 20.9 Å². The van der Waals surface area contributed by atoms with Crippen LogP contribution in [0.5, 0.6) is 0 Å². The normalized spacial score (nSPS) is 11.3. The minimum atomic E-state index is -3.91. The van der Waals surface area contributed by atoms with E-state index < -0.39 is 28.3 Å². The van der Waals surface area contributed by atoms with Gasteiger partial charge in [-0.05, 0) is 55.3 Å². The molecule has 2 aromatic rings. The smallest absolute Gasteiger partial charge is 0.241 e. The van der Waals surface area contributed by atoms with Crippen LogP contribution >= 0.6 is 11.6 Å². The molecule has 24 heavy (non-hydrogen) atoms. The number of amides is 1. The standard InChI is InChI=1S/C16H16ClFN2O3S/c1-10-3-4-12(8-14(10)17)20-16(21)9-19-24(22,23)13-5-6-15(18)11(2)7-13/h3-8,19H,9H2,1-2H3,(H,20,21). The number of nitrogens with one attached hydrogen (secondary N) is 2. The molecule has 1 amide bonds. The Morgan fingerprint density at radius 2 is 1.83 bits per heavy atom. The topological polar surface area (TPSA) is 75.3 Å². The molecular formula is C16H16ClFN2O3S. The van der Waals surface area contributed by atoms with E-state index in [4.69, 9.17) is 11.6 Å². The predicted molar refractivity (Wildman–Crippen MR) is 91.1 cm³/mol. The van der Waals surface area contributed by atoms with E-state index in [1.807, 2.05) is 6.92 Å². The van der Waals surface area contributed by atoms with E-state index in [0.717, 1.165) is 17.7 Å². The first-order valence-corrected chi connectivity index (χ1v) is 8.87. The highest BCUT2D eigenvalue weighted by atomic mass is 35.5. The number of rotatable bonds is 5. The summed E-state index contributed by atoms with van der Waals surface area (Å²) in [6, 6.07) is 8.39. The maximum Gasteiger partial charge on any atom is 0.241 e. The molecule has 0 aliphatic heterocycles. The molecule has 0 fully saturated rings. The molecule has 5 nitrogen and oxygen atoms in total. The molecule has 0 aliphatic carbocycles. The van der Waals surface area contributed by atoms with Crippen LogP contribution in [0.1, 0.15) is 11.1 Å². The molecule has 0 heterocycles. The summed E-state index contributed by atoms with van der Waals surface area (Å²) >= 11 is 5.96. The molecule has 128 valence electrons. The first kappa shape index (κ1) is 18.4. The number of aryl methyl sites for hydroxylation is 2. The Labute approximate surface area is 144 Å². The predicted octanol–water partition coefficient (Wildman–Crippen LogP) is 3.01. The lowest BCUT2D eigenvalue weighted by Gasteiger charge is -2.09. The molecular weight excluding hydrogens is 355 g/mol. The van der Waals surface area contributed by atoms with Crippen molar-refractivity contribution < 1.29 is 17.6 Å². The number of sulfonamides is 1. The third kappa shape index (κ3) is 4.53. The van der Waals surface area contributed by atoms with Crippen LogP contribution in [0.15, 0.2) is 41.3 Å². The van der Waals surface area contributed by atoms with Gasteiger partial charge in [0, 0.05) is 10.7 Å². The van der Waals surface area contributed by atoms with Crippen molar-refractivity contribution in [1.82, 2.24) is 4.72 Å². The summed E-state index contributed by atoms with van der Waals surface area (Å²) in [7, 11) is -3.91. The lowest BCUT2D eigenvalue weighted by atomic mass is 10.2. The number of anilines is 1. The first-order chi connectivity index (χ1) is 11.2. The second-order valence-corrected chi connectivity index (χ2v) is 7.42. The molecule has 2 aromatic carbocycles. The summed E-state index contributed by atoms with van der Waals surface area (Å²) in [5.74, 6) is -1.04. The van der Waals surface area contributed by atoms with Gasteiger partial charge in [0.05, 0.1) is 11.4 Å². The number of hydrogen-bond donors (Lipinski definition) is 2. The Kier molecular flexibility index (Phi) is 5.58. The molecule has 0 saturated carbocycles. The SMILES string of the molecule is Cc1cc(S(=O)(=O)NCC(=O)Nc2ccc(C)c(Cl)c2)ccc1F. The maximum atomic E-state index is 13.2. The number of halogens is 2. The van der Waals surface area contributed by atoms with Gasteiger partial charge >= 0.3 is 0 Å². The van der Waals surface area contributed by atoms with E-state index >= 15 is 0 Å². The largest absolute Gasteiger partial charge is 0.325 e. The summed E-state index contributed by atoms with van der Waals surface area (Å²) in [4.78, 5) is 11.8. The lowest BCUT2D eigenvalue weighted by molar-refractivity contribution is -0.115.